The third kappa shape index (κ3) is 2.61. The van der Waals surface area contributed by atoms with Crippen molar-refractivity contribution < 1.29 is 0 Å². The molecule has 90 valence electrons. The van der Waals surface area contributed by atoms with Crippen molar-refractivity contribution in [2.45, 2.75) is 33.2 Å². The Morgan fingerprint density at radius 1 is 1.41 bits per heavy atom. The summed E-state index contributed by atoms with van der Waals surface area (Å²) in [4.78, 5) is 18.5. The topological polar surface area (TPSA) is 63.6 Å². The molecule has 17 heavy (non-hydrogen) atoms. The van der Waals surface area contributed by atoms with E-state index in [1.165, 1.54) is 6.07 Å². The fourth-order valence-electron chi connectivity index (χ4n) is 1.67. The van der Waals surface area contributed by atoms with E-state index in [1.807, 2.05) is 17.8 Å². The highest BCUT2D eigenvalue weighted by Crippen LogP contribution is 2.14. The van der Waals surface area contributed by atoms with Gasteiger partial charge in [-0.2, -0.15) is 5.10 Å². The predicted octanol–water partition coefficient (Wildman–Crippen LogP) is 1.61. The maximum Gasteiger partial charge on any atom is 0.251 e. The van der Waals surface area contributed by atoms with E-state index in [0.717, 1.165) is 18.5 Å². The van der Waals surface area contributed by atoms with Gasteiger partial charge in [-0.15, -0.1) is 0 Å². The lowest BCUT2D eigenvalue weighted by molar-refractivity contribution is 0.603. The number of hydrogen-bond donors (Lipinski definition) is 1. The maximum absolute atomic E-state index is 11.5. The Balaban J connectivity index is 2.37. The van der Waals surface area contributed by atoms with Crippen LogP contribution < -0.4 is 5.56 Å². The molecule has 0 aromatic carbocycles. The minimum atomic E-state index is -0.116. The SMILES string of the molecule is CCCn1cc(-c2cc(=O)[nH]c(CC)n2)cn1. The van der Waals surface area contributed by atoms with Gasteiger partial charge in [-0.3, -0.25) is 9.48 Å². The minimum absolute atomic E-state index is 0.116. The van der Waals surface area contributed by atoms with Gasteiger partial charge in [0.25, 0.3) is 5.56 Å². The fraction of sp³-hybridized carbons (Fsp3) is 0.417. The van der Waals surface area contributed by atoms with Gasteiger partial charge in [-0.05, 0) is 6.42 Å². The van der Waals surface area contributed by atoms with Crippen LogP contribution >= 0.6 is 0 Å². The molecule has 0 aliphatic rings. The van der Waals surface area contributed by atoms with E-state index in [9.17, 15) is 4.79 Å². The quantitative estimate of drug-likeness (QED) is 0.871. The van der Waals surface area contributed by atoms with Crippen molar-refractivity contribution in [3.8, 4) is 11.3 Å². The predicted molar refractivity (Wildman–Crippen MR) is 65.7 cm³/mol. The second kappa shape index (κ2) is 4.95. The van der Waals surface area contributed by atoms with Crippen LogP contribution in [0, 0.1) is 0 Å². The first-order valence-electron chi connectivity index (χ1n) is 5.86. The molecule has 0 aliphatic heterocycles. The monoisotopic (exact) mass is 232 g/mol. The molecule has 5 nitrogen and oxygen atoms in total. The number of hydrogen-bond acceptors (Lipinski definition) is 3. The van der Waals surface area contributed by atoms with Gasteiger partial charge in [-0.25, -0.2) is 4.98 Å². The summed E-state index contributed by atoms with van der Waals surface area (Å²) >= 11 is 0. The minimum Gasteiger partial charge on any atom is -0.311 e. The Morgan fingerprint density at radius 2 is 2.24 bits per heavy atom. The maximum atomic E-state index is 11.5. The standard InChI is InChI=1S/C12H16N4O/c1-3-5-16-8-9(7-13-16)10-6-12(17)15-11(4-2)14-10/h6-8H,3-5H2,1-2H3,(H,14,15,17). The summed E-state index contributed by atoms with van der Waals surface area (Å²) in [5.41, 5.74) is 1.46. The molecule has 2 aromatic rings. The van der Waals surface area contributed by atoms with Gasteiger partial charge in [0.1, 0.15) is 5.82 Å². The molecule has 5 heteroatoms. The van der Waals surface area contributed by atoms with Crippen LogP contribution in [0.15, 0.2) is 23.3 Å². The highest BCUT2D eigenvalue weighted by atomic mass is 16.1. The van der Waals surface area contributed by atoms with Crippen molar-refractivity contribution in [1.82, 2.24) is 19.7 Å². The zero-order chi connectivity index (χ0) is 12.3. The Morgan fingerprint density at radius 3 is 2.94 bits per heavy atom. The normalized spacial score (nSPS) is 10.7. The summed E-state index contributed by atoms with van der Waals surface area (Å²) < 4.78 is 1.86. The van der Waals surface area contributed by atoms with Crippen molar-refractivity contribution in [3.63, 3.8) is 0 Å². The molecule has 2 aromatic heterocycles. The molecule has 2 rings (SSSR count). The van der Waals surface area contributed by atoms with Gasteiger partial charge in [0, 0.05) is 30.8 Å². The third-order valence-electron chi connectivity index (χ3n) is 2.51. The summed E-state index contributed by atoms with van der Waals surface area (Å²) in [7, 11) is 0. The largest absolute Gasteiger partial charge is 0.311 e. The third-order valence-corrected chi connectivity index (χ3v) is 2.51. The molecule has 0 fully saturated rings. The highest BCUT2D eigenvalue weighted by Gasteiger charge is 2.05. The van der Waals surface area contributed by atoms with Crippen molar-refractivity contribution in [2.24, 2.45) is 0 Å². The number of aromatic amines is 1. The molecule has 1 N–H and O–H groups in total. The Labute approximate surface area is 99.5 Å². The number of aromatic nitrogens is 4. The first-order chi connectivity index (χ1) is 8.22. The molecule has 2 heterocycles. The van der Waals surface area contributed by atoms with E-state index in [1.54, 1.807) is 6.20 Å². The van der Waals surface area contributed by atoms with E-state index >= 15 is 0 Å². The second-order valence-corrected chi connectivity index (χ2v) is 3.92. The lowest BCUT2D eigenvalue weighted by Crippen LogP contribution is -2.10. The average molecular weight is 232 g/mol. The zero-order valence-electron chi connectivity index (χ0n) is 10.1. The number of aryl methyl sites for hydroxylation is 2. The van der Waals surface area contributed by atoms with Crippen molar-refractivity contribution in [1.29, 1.82) is 0 Å². The van der Waals surface area contributed by atoms with Crippen LogP contribution in [0.25, 0.3) is 11.3 Å². The Kier molecular flexibility index (Phi) is 3.37. The smallest absolute Gasteiger partial charge is 0.251 e. The van der Waals surface area contributed by atoms with Gasteiger partial charge < -0.3 is 4.98 Å². The molecule has 0 amide bonds. The van der Waals surface area contributed by atoms with Crippen LogP contribution in [0.1, 0.15) is 26.1 Å². The lowest BCUT2D eigenvalue weighted by Gasteiger charge is -1.99. The molecule has 0 atom stereocenters. The molecular weight excluding hydrogens is 216 g/mol. The van der Waals surface area contributed by atoms with Crippen LogP contribution in [-0.4, -0.2) is 19.7 Å². The molecular formula is C12H16N4O. The number of H-pyrrole nitrogens is 1. The summed E-state index contributed by atoms with van der Waals surface area (Å²) in [6, 6.07) is 1.51. The Bertz CT molecular complexity index is 556. The van der Waals surface area contributed by atoms with E-state index in [0.29, 0.717) is 17.9 Å². The molecule has 0 radical (unpaired) electrons. The van der Waals surface area contributed by atoms with Gasteiger partial charge in [0.05, 0.1) is 11.9 Å². The van der Waals surface area contributed by atoms with Crippen LogP contribution in [0.2, 0.25) is 0 Å². The molecule has 0 unspecified atom stereocenters. The van der Waals surface area contributed by atoms with E-state index in [-0.39, 0.29) is 5.56 Å². The highest BCUT2D eigenvalue weighted by molar-refractivity contribution is 5.56. The average Bonchev–Trinajstić information content (AvgIpc) is 2.77. The van der Waals surface area contributed by atoms with Gasteiger partial charge in [-0.1, -0.05) is 13.8 Å². The van der Waals surface area contributed by atoms with E-state index < -0.39 is 0 Å². The van der Waals surface area contributed by atoms with E-state index in [4.69, 9.17) is 0 Å². The number of nitrogens with zero attached hydrogens (tertiary/aromatic N) is 3. The van der Waals surface area contributed by atoms with Crippen LogP contribution in [0.3, 0.4) is 0 Å². The van der Waals surface area contributed by atoms with Crippen LogP contribution in [0.5, 0.6) is 0 Å². The molecule has 0 aliphatic carbocycles. The van der Waals surface area contributed by atoms with Gasteiger partial charge in [0.15, 0.2) is 0 Å². The van der Waals surface area contributed by atoms with Crippen LogP contribution in [-0.2, 0) is 13.0 Å². The summed E-state index contributed by atoms with van der Waals surface area (Å²) in [6.07, 6.45) is 5.41. The van der Waals surface area contributed by atoms with E-state index in [2.05, 4.69) is 22.0 Å². The molecule has 0 spiro atoms. The van der Waals surface area contributed by atoms with Crippen molar-refractivity contribution >= 4 is 0 Å². The first kappa shape index (κ1) is 11.6. The number of nitrogens with one attached hydrogen (secondary N) is 1. The zero-order valence-corrected chi connectivity index (χ0v) is 10.1. The van der Waals surface area contributed by atoms with Crippen molar-refractivity contribution in [2.75, 3.05) is 0 Å². The lowest BCUT2D eigenvalue weighted by atomic mass is 10.2. The molecule has 0 saturated heterocycles. The first-order valence-corrected chi connectivity index (χ1v) is 5.86. The summed E-state index contributed by atoms with van der Waals surface area (Å²) in [5.74, 6) is 0.704. The number of rotatable bonds is 4. The molecule has 0 bridgehead atoms. The summed E-state index contributed by atoms with van der Waals surface area (Å²) in [6.45, 7) is 4.94. The van der Waals surface area contributed by atoms with Gasteiger partial charge in [0.2, 0.25) is 0 Å². The Hall–Kier alpha value is -1.91. The fourth-order valence-corrected chi connectivity index (χ4v) is 1.67. The molecule has 0 saturated carbocycles. The second-order valence-electron chi connectivity index (χ2n) is 3.92. The van der Waals surface area contributed by atoms with Crippen molar-refractivity contribution in [3.05, 3.63) is 34.6 Å². The van der Waals surface area contributed by atoms with Gasteiger partial charge >= 0.3 is 0 Å². The van der Waals surface area contributed by atoms with Crippen LogP contribution in [0.4, 0.5) is 0 Å². The summed E-state index contributed by atoms with van der Waals surface area (Å²) in [5, 5.41) is 4.23.